The van der Waals surface area contributed by atoms with Crippen molar-refractivity contribution in [2.24, 2.45) is 0 Å². The van der Waals surface area contributed by atoms with E-state index >= 15 is 0 Å². The number of nitrogens with one attached hydrogen (secondary N) is 1. The number of ether oxygens (including phenoxy) is 4. The van der Waals surface area contributed by atoms with Crippen molar-refractivity contribution >= 4 is 34.3 Å². The quantitative estimate of drug-likeness (QED) is 0.109. The third-order valence-electron chi connectivity index (χ3n) is 5.77. The number of esters is 1. The number of nitrogens with zero attached hydrogens (tertiary/aromatic N) is 1. The zero-order valence-corrected chi connectivity index (χ0v) is 23.4. The zero-order valence-electron chi connectivity index (χ0n) is 22.5. The van der Waals surface area contributed by atoms with Crippen molar-refractivity contribution in [1.29, 1.82) is 5.26 Å². The molecule has 3 aromatic rings. The Morgan fingerprint density at radius 2 is 1.79 bits per heavy atom. The van der Waals surface area contributed by atoms with Crippen molar-refractivity contribution in [2.75, 3.05) is 32.8 Å². The van der Waals surface area contributed by atoms with Gasteiger partial charge in [-0.15, -0.1) is 11.3 Å². The van der Waals surface area contributed by atoms with Gasteiger partial charge in [0, 0.05) is 10.9 Å². The van der Waals surface area contributed by atoms with Gasteiger partial charge in [0.1, 0.15) is 28.0 Å². The second-order valence-electron chi connectivity index (χ2n) is 8.39. The highest BCUT2D eigenvalue weighted by molar-refractivity contribution is 7.15. The average molecular weight is 549 g/mol. The minimum absolute atomic E-state index is 0.136. The summed E-state index contributed by atoms with van der Waals surface area (Å²) in [4.78, 5) is 26.0. The summed E-state index contributed by atoms with van der Waals surface area (Å²) in [6.45, 7) is 4.59. The van der Waals surface area contributed by atoms with Crippen LogP contribution in [0.2, 0.25) is 0 Å². The molecule has 1 N–H and O–H groups in total. The van der Waals surface area contributed by atoms with Crippen LogP contribution in [0.15, 0.2) is 53.4 Å². The number of amides is 1. The van der Waals surface area contributed by atoms with Crippen LogP contribution in [-0.4, -0.2) is 39.3 Å². The smallest absolute Gasteiger partial charge is 0.341 e. The van der Waals surface area contributed by atoms with E-state index in [1.54, 1.807) is 49.7 Å². The zero-order chi connectivity index (χ0) is 28.2. The highest BCUT2D eigenvalue weighted by atomic mass is 32.1. The normalized spacial score (nSPS) is 10.9. The topological polar surface area (TPSA) is 107 Å². The molecule has 0 aliphatic heterocycles. The number of anilines is 1. The summed E-state index contributed by atoms with van der Waals surface area (Å²) in [6, 6.07) is 14.4. The minimum Gasteiger partial charge on any atom is -0.497 e. The van der Waals surface area contributed by atoms with Gasteiger partial charge in [0.25, 0.3) is 5.91 Å². The van der Waals surface area contributed by atoms with Gasteiger partial charge in [0.2, 0.25) is 0 Å². The van der Waals surface area contributed by atoms with Gasteiger partial charge in [0.05, 0.1) is 27.4 Å². The first-order valence-corrected chi connectivity index (χ1v) is 13.5. The molecule has 9 heteroatoms. The standard InChI is InChI=1S/C30H32N2O6S/c1-5-7-8-15-38-25-14-9-20(17-26(25)36-4)16-22(18-31)28(33)32-29-27(30(34)37-6-2)24(19-39-29)21-10-12-23(35-3)13-11-21/h9-14,16-17,19H,5-8,15H2,1-4H3,(H,32,33)/b22-16-. The van der Waals surface area contributed by atoms with E-state index in [-0.39, 0.29) is 17.7 Å². The summed E-state index contributed by atoms with van der Waals surface area (Å²) in [5.41, 5.74) is 2.05. The first kappa shape index (κ1) is 29.3. The lowest BCUT2D eigenvalue weighted by atomic mass is 10.0. The Morgan fingerprint density at radius 1 is 1.03 bits per heavy atom. The molecule has 0 saturated heterocycles. The molecule has 0 radical (unpaired) electrons. The molecule has 39 heavy (non-hydrogen) atoms. The number of rotatable bonds is 13. The van der Waals surface area contributed by atoms with E-state index in [0.717, 1.165) is 24.8 Å². The number of thiophene rings is 1. The van der Waals surface area contributed by atoms with E-state index in [1.165, 1.54) is 24.5 Å². The third kappa shape index (κ3) is 7.62. The predicted octanol–water partition coefficient (Wildman–Crippen LogP) is 6.72. The monoisotopic (exact) mass is 548 g/mol. The second-order valence-corrected chi connectivity index (χ2v) is 9.27. The van der Waals surface area contributed by atoms with Crippen LogP contribution < -0.4 is 19.5 Å². The Balaban J connectivity index is 1.86. The summed E-state index contributed by atoms with van der Waals surface area (Å²) < 4.78 is 21.7. The highest BCUT2D eigenvalue weighted by Crippen LogP contribution is 2.37. The highest BCUT2D eigenvalue weighted by Gasteiger charge is 2.24. The van der Waals surface area contributed by atoms with Crippen molar-refractivity contribution in [1.82, 2.24) is 0 Å². The van der Waals surface area contributed by atoms with Crippen molar-refractivity contribution in [3.05, 3.63) is 64.5 Å². The number of carbonyl (C=O) groups is 2. The number of methoxy groups -OCH3 is 2. The van der Waals surface area contributed by atoms with E-state index in [2.05, 4.69) is 12.2 Å². The second kappa shape index (κ2) is 14.6. The fourth-order valence-electron chi connectivity index (χ4n) is 3.75. The Kier molecular flexibility index (Phi) is 11.0. The van der Waals surface area contributed by atoms with Gasteiger partial charge in [0.15, 0.2) is 11.5 Å². The number of unbranched alkanes of at least 4 members (excludes halogenated alkanes) is 2. The molecule has 204 valence electrons. The third-order valence-corrected chi connectivity index (χ3v) is 6.66. The molecule has 1 heterocycles. The molecule has 3 rings (SSSR count). The minimum atomic E-state index is -0.648. The maximum Gasteiger partial charge on any atom is 0.341 e. The molecule has 0 fully saturated rings. The number of carbonyl (C=O) groups excluding carboxylic acids is 2. The summed E-state index contributed by atoms with van der Waals surface area (Å²) in [5.74, 6) is 0.561. The predicted molar refractivity (Wildman–Crippen MR) is 152 cm³/mol. The Bertz CT molecular complexity index is 1350. The molecule has 0 aliphatic rings. The van der Waals surface area contributed by atoms with E-state index < -0.39 is 11.9 Å². The van der Waals surface area contributed by atoms with E-state index in [1.807, 2.05) is 18.2 Å². The molecule has 2 aromatic carbocycles. The number of hydrogen-bond acceptors (Lipinski definition) is 8. The van der Waals surface area contributed by atoms with Gasteiger partial charge in [-0.2, -0.15) is 5.26 Å². The van der Waals surface area contributed by atoms with Gasteiger partial charge in [-0.25, -0.2) is 4.79 Å². The van der Waals surface area contributed by atoms with Crippen LogP contribution in [0.1, 0.15) is 49.0 Å². The molecule has 0 atom stereocenters. The number of benzene rings is 2. The van der Waals surface area contributed by atoms with Gasteiger partial charge < -0.3 is 24.3 Å². The van der Waals surface area contributed by atoms with Gasteiger partial charge in [-0.3, -0.25) is 4.79 Å². The van der Waals surface area contributed by atoms with Crippen LogP contribution >= 0.6 is 11.3 Å². The lowest BCUT2D eigenvalue weighted by Gasteiger charge is -2.11. The maximum absolute atomic E-state index is 13.1. The van der Waals surface area contributed by atoms with Gasteiger partial charge >= 0.3 is 5.97 Å². The summed E-state index contributed by atoms with van der Waals surface area (Å²) in [6.07, 6.45) is 4.57. The molecule has 0 bridgehead atoms. The fourth-order valence-corrected chi connectivity index (χ4v) is 4.70. The number of hydrogen-bond donors (Lipinski definition) is 1. The lowest BCUT2D eigenvalue weighted by molar-refractivity contribution is -0.112. The molecule has 1 amide bonds. The summed E-state index contributed by atoms with van der Waals surface area (Å²) >= 11 is 1.18. The van der Waals surface area contributed by atoms with Crippen LogP contribution in [-0.2, 0) is 9.53 Å². The molecule has 1 aromatic heterocycles. The lowest BCUT2D eigenvalue weighted by Crippen LogP contribution is -2.16. The molecule has 8 nitrogen and oxygen atoms in total. The summed E-state index contributed by atoms with van der Waals surface area (Å²) in [7, 11) is 3.11. The SMILES string of the molecule is CCCCCOc1ccc(/C=C(/C#N)C(=O)Nc2scc(-c3ccc(OC)cc3)c2C(=O)OCC)cc1OC. The first-order valence-electron chi connectivity index (χ1n) is 12.6. The van der Waals surface area contributed by atoms with Crippen LogP contribution in [0.25, 0.3) is 17.2 Å². The Morgan fingerprint density at radius 3 is 2.44 bits per heavy atom. The molecular formula is C30H32N2O6S. The molecule has 0 spiro atoms. The van der Waals surface area contributed by atoms with Crippen LogP contribution in [0.3, 0.4) is 0 Å². The van der Waals surface area contributed by atoms with Gasteiger partial charge in [-0.05, 0) is 54.8 Å². The van der Waals surface area contributed by atoms with Crippen molar-refractivity contribution < 1.29 is 28.5 Å². The van der Waals surface area contributed by atoms with Crippen molar-refractivity contribution in [3.8, 4) is 34.4 Å². The van der Waals surface area contributed by atoms with E-state index in [9.17, 15) is 14.9 Å². The van der Waals surface area contributed by atoms with Crippen LogP contribution in [0, 0.1) is 11.3 Å². The largest absolute Gasteiger partial charge is 0.497 e. The molecule has 0 unspecified atom stereocenters. The first-order chi connectivity index (χ1) is 18.9. The van der Waals surface area contributed by atoms with E-state index in [0.29, 0.717) is 40.0 Å². The number of nitriles is 1. The fraction of sp³-hybridized carbons (Fsp3) is 0.300. The van der Waals surface area contributed by atoms with Crippen molar-refractivity contribution in [2.45, 2.75) is 33.1 Å². The average Bonchev–Trinajstić information content (AvgIpc) is 3.37. The Labute approximate surface area is 232 Å². The van der Waals surface area contributed by atoms with Crippen LogP contribution in [0.4, 0.5) is 5.00 Å². The van der Waals surface area contributed by atoms with Gasteiger partial charge in [-0.1, -0.05) is 38.0 Å². The van der Waals surface area contributed by atoms with Crippen molar-refractivity contribution in [3.63, 3.8) is 0 Å². The summed E-state index contributed by atoms with van der Waals surface area (Å²) in [5, 5.41) is 14.5. The molecule has 0 saturated carbocycles. The molecular weight excluding hydrogens is 516 g/mol. The maximum atomic E-state index is 13.1. The van der Waals surface area contributed by atoms with E-state index in [4.69, 9.17) is 18.9 Å². The van der Waals surface area contributed by atoms with Crippen LogP contribution in [0.5, 0.6) is 17.2 Å². The molecule has 0 aliphatic carbocycles. The Hall–Kier alpha value is -4.29.